The summed E-state index contributed by atoms with van der Waals surface area (Å²) in [5, 5.41) is 5.20. The van der Waals surface area contributed by atoms with Gasteiger partial charge in [-0.2, -0.15) is 0 Å². The summed E-state index contributed by atoms with van der Waals surface area (Å²) in [7, 11) is 0. The second kappa shape index (κ2) is 4.61. The molecule has 2 heteroatoms. The van der Waals surface area contributed by atoms with Gasteiger partial charge in [0.2, 0.25) is 0 Å². The SMILES string of the molecule is c1cc2ccc(CNC3CC4CC3C3CCCC43)cc2[nH]1. The third-order valence-corrected chi connectivity index (χ3v) is 6.62. The van der Waals surface area contributed by atoms with Crippen LogP contribution in [0.5, 0.6) is 0 Å². The largest absolute Gasteiger partial charge is 0.361 e. The van der Waals surface area contributed by atoms with E-state index in [1.165, 1.54) is 48.6 Å². The molecule has 0 amide bonds. The van der Waals surface area contributed by atoms with E-state index in [-0.39, 0.29) is 0 Å². The summed E-state index contributed by atoms with van der Waals surface area (Å²) in [4.78, 5) is 3.32. The summed E-state index contributed by atoms with van der Waals surface area (Å²) in [6, 6.07) is 9.73. The minimum absolute atomic E-state index is 0.786. The molecule has 0 saturated heterocycles. The lowest BCUT2D eigenvalue weighted by Crippen LogP contribution is -2.38. The Bertz CT molecular complexity index is 658. The Morgan fingerprint density at radius 3 is 3.00 bits per heavy atom. The van der Waals surface area contributed by atoms with Gasteiger partial charge in [0.15, 0.2) is 0 Å². The second-order valence-corrected chi connectivity index (χ2v) is 7.54. The van der Waals surface area contributed by atoms with Crippen molar-refractivity contribution in [3.05, 3.63) is 36.0 Å². The molecule has 0 spiro atoms. The quantitative estimate of drug-likeness (QED) is 0.871. The van der Waals surface area contributed by atoms with Gasteiger partial charge in [0.05, 0.1) is 0 Å². The molecule has 2 bridgehead atoms. The van der Waals surface area contributed by atoms with Crippen molar-refractivity contribution in [1.29, 1.82) is 0 Å². The van der Waals surface area contributed by atoms with Gasteiger partial charge in [-0.25, -0.2) is 0 Å². The third-order valence-electron chi connectivity index (χ3n) is 6.62. The first-order valence-electron chi connectivity index (χ1n) is 8.68. The lowest BCUT2D eigenvalue weighted by atomic mass is 9.79. The first-order chi connectivity index (χ1) is 10.4. The fourth-order valence-corrected chi connectivity index (χ4v) is 5.76. The number of hydrogen-bond donors (Lipinski definition) is 2. The Morgan fingerprint density at radius 2 is 2.00 bits per heavy atom. The van der Waals surface area contributed by atoms with Gasteiger partial charge in [-0.3, -0.25) is 0 Å². The number of aromatic nitrogens is 1. The van der Waals surface area contributed by atoms with Crippen LogP contribution in [0.4, 0.5) is 0 Å². The highest BCUT2D eigenvalue weighted by molar-refractivity contribution is 5.79. The van der Waals surface area contributed by atoms with Gasteiger partial charge in [0.1, 0.15) is 0 Å². The predicted octanol–water partition coefficient (Wildman–Crippen LogP) is 4.08. The maximum Gasteiger partial charge on any atom is 0.0457 e. The Kier molecular flexibility index (Phi) is 2.69. The lowest BCUT2D eigenvalue weighted by Gasteiger charge is -2.32. The summed E-state index contributed by atoms with van der Waals surface area (Å²) >= 11 is 0. The molecule has 0 aliphatic heterocycles. The summed E-state index contributed by atoms with van der Waals surface area (Å²) in [6.07, 6.45) is 9.52. The summed E-state index contributed by atoms with van der Waals surface area (Å²) in [5.41, 5.74) is 2.67. The van der Waals surface area contributed by atoms with Crippen LogP contribution in [-0.4, -0.2) is 11.0 Å². The van der Waals surface area contributed by atoms with Crippen LogP contribution in [-0.2, 0) is 6.54 Å². The maximum atomic E-state index is 3.88. The summed E-state index contributed by atoms with van der Waals surface area (Å²) < 4.78 is 0. The van der Waals surface area contributed by atoms with Gasteiger partial charge in [-0.15, -0.1) is 0 Å². The minimum Gasteiger partial charge on any atom is -0.361 e. The van der Waals surface area contributed by atoms with Crippen molar-refractivity contribution in [3.63, 3.8) is 0 Å². The van der Waals surface area contributed by atoms with Gasteiger partial charge in [0, 0.05) is 24.3 Å². The number of nitrogens with one attached hydrogen (secondary N) is 2. The number of aromatic amines is 1. The highest BCUT2D eigenvalue weighted by Gasteiger charge is 2.53. The predicted molar refractivity (Wildman–Crippen MR) is 86.0 cm³/mol. The number of H-pyrrole nitrogens is 1. The van der Waals surface area contributed by atoms with E-state index in [2.05, 4.69) is 34.6 Å². The molecule has 2 nitrogen and oxygen atoms in total. The molecule has 1 aromatic carbocycles. The van der Waals surface area contributed by atoms with Crippen LogP contribution in [0, 0.1) is 23.7 Å². The highest BCUT2D eigenvalue weighted by atomic mass is 14.9. The van der Waals surface area contributed by atoms with Crippen molar-refractivity contribution in [1.82, 2.24) is 10.3 Å². The van der Waals surface area contributed by atoms with Crippen molar-refractivity contribution >= 4 is 10.9 Å². The maximum absolute atomic E-state index is 3.88. The molecule has 3 aliphatic carbocycles. The molecule has 110 valence electrons. The van der Waals surface area contributed by atoms with Crippen LogP contribution >= 0.6 is 0 Å². The Balaban J connectivity index is 1.28. The van der Waals surface area contributed by atoms with E-state index in [4.69, 9.17) is 0 Å². The molecule has 5 unspecified atom stereocenters. The van der Waals surface area contributed by atoms with Gasteiger partial charge in [-0.1, -0.05) is 18.6 Å². The number of benzene rings is 1. The fraction of sp³-hybridized carbons (Fsp3) is 0.579. The molecule has 0 radical (unpaired) electrons. The topological polar surface area (TPSA) is 27.8 Å². The van der Waals surface area contributed by atoms with Gasteiger partial charge in [-0.05, 0) is 72.4 Å². The van der Waals surface area contributed by atoms with Crippen LogP contribution in [0.15, 0.2) is 30.5 Å². The van der Waals surface area contributed by atoms with Crippen molar-refractivity contribution in [3.8, 4) is 0 Å². The normalized spacial score (nSPS) is 37.4. The Hall–Kier alpha value is -1.28. The van der Waals surface area contributed by atoms with Crippen LogP contribution in [0.2, 0.25) is 0 Å². The first-order valence-corrected chi connectivity index (χ1v) is 8.68. The zero-order valence-electron chi connectivity index (χ0n) is 12.5. The molecule has 21 heavy (non-hydrogen) atoms. The van der Waals surface area contributed by atoms with E-state index in [0.717, 1.165) is 36.3 Å². The lowest BCUT2D eigenvalue weighted by molar-refractivity contribution is 0.208. The molecule has 1 heterocycles. The minimum atomic E-state index is 0.786. The smallest absolute Gasteiger partial charge is 0.0457 e. The van der Waals surface area contributed by atoms with Crippen LogP contribution < -0.4 is 5.32 Å². The molecule has 2 aromatic rings. The Labute approximate surface area is 126 Å². The Morgan fingerprint density at radius 1 is 1.05 bits per heavy atom. The van der Waals surface area contributed by atoms with E-state index in [1.807, 2.05) is 6.20 Å². The van der Waals surface area contributed by atoms with Crippen molar-refractivity contribution in [2.75, 3.05) is 0 Å². The monoisotopic (exact) mass is 280 g/mol. The van der Waals surface area contributed by atoms with Crippen molar-refractivity contribution in [2.24, 2.45) is 23.7 Å². The van der Waals surface area contributed by atoms with E-state index >= 15 is 0 Å². The number of fused-ring (bicyclic) bond motifs is 6. The van der Waals surface area contributed by atoms with E-state index in [9.17, 15) is 0 Å². The number of rotatable bonds is 3. The second-order valence-electron chi connectivity index (χ2n) is 7.54. The molecule has 2 N–H and O–H groups in total. The summed E-state index contributed by atoms with van der Waals surface area (Å²) in [5.74, 6) is 4.19. The summed E-state index contributed by atoms with van der Waals surface area (Å²) in [6.45, 7) is 1.03. The molecule has 3 saturated carbocycles. The van der Waals surface area contributed by atoms with Crippen molar-refractivity contribution < 1.29 is 0 Å². The van der Waals surface area contributed by atoms with E-state index in [1.54, 1.807) is 0 Å². The number of hydrogen-bond acceptors (Lipinski definition) is 1. The molecular weight excluding hydrogens is 256 g/mol. The molecule has 5 atom stereocenters. The molecular formula is C19H24N2. The molecule has 1 aromatic heterocycles. The van der Waals surface area contributed by atoms with Crippen molar-refractivity contribution in [2.45, 2.75) is 44.7 Å². The third kappa shape index (κ3) is 1.88. The van der Waals surface area contributed by atoms with E-state index < -0.39 is 0 Å². The highest BCUT2D eigenvalue weighted by Crippen LogP contribution is 2.58. The molecule has 5 rings (SSSR count). The molecule has 3 aliphatic rings. The first kappa shape index (κ1) is 12.3. The van der Waals surface area contributed by atoms with Gasteiger partial charge in [0.25, 0.3) is 0 Å². The van der Waals surface area contributed by atoms with E-state index in [0.29, 0.717) is 0 Å². The average molecular weight is 280 g/mol. The van der Waals surface area contributed by atoms with Crippen LogP contribution in [0.1, 0.15) is 37.7 Å². The van der Waals surface area contributed by atoms with Crippen LogP contribution in [0.25, 0.3) is 10.9 Å². The fourth-order valence-electron chi connectivity index (χ4n) is 5.76. The van der Waals surface area contributed by atoms with Gasteiger partial charge < -0.3 is 10.3 Å². The molecule has 3 fully saturated rings. The zero-order chi connectivity index (χ0) is 13.8. The average Bonchev–Trinajstić information content (AvgIpc) is 3.24. The standard InChI is InChI=1S/C19H24N2/c1-2-15-14-9-17(16(15)3-1)19(10-14)21-11-12-4-5-13-6-7-20-18(13)8-12/h4-8,14-17,19-21H,1-3,9-11H2. The van der Waals surface area contributed by atoms with Gasteiger partial charge >= 0.3 is 0 Å². The van der Waals surface area contributed by atoms with Crippen LogP contribution in [0.3, 0.4) is 0 Å². The zero-order valence-corrected chi connectivity index (χ0v) is 12.5.